The lowest BCUT2D eigenvalue weighted by Gasteiger charge is -2.54. The molecule has 1 saturated heterocycles. The third-order valence-corrected chi connectivity index (χ3v) is 7.44. The smallest absolute Gasteiger partial charge is 0.123 e. The van der Waals surface area contributed by atoms with Gasteiger partial charge in [0.25, 0.3) is 0 Å². The second-order valence-corrected chi connectivity index (χ2v) is 9.19. The number of allylic oxidation sites excluding steroid dienone is 2. The minimum absolute atomic E-state index is 0.0843. The summed E-state index contributed by atoms with van der Waals surface area (Å²) >= 11 is 0. The van der Waals surface area contributed by atoms with Crippen molar-refractivity contribution in [2.45, 2.75) is 120 Å². The molecule has 0 aromatic rings. The van der Waals surface area contributed by atoms with E-state index in [1.807, 2.05) is 41.5 Å². The summed E-state index contributed by atoms with van der Waals surface area (Å²) < 4.78 is 0. The van der Waals surface area contributed by atoms with E-state index in [0.717, 1.165) is 19.4 Å². The Morgan fingerprint density at radius 2 is 1.72 bits per heavy atom. The maximum Gasteiger partial charge on any atom is 0.123 e. The van der Waals surface area contributed by atoms with E-state index in [1.54, 1.807) is 5.57 Å². The monoisotopic (exact) mass is 445 g/mol. The molecule has 2 fully saturated rings. The number of hydrogen-bond donors (Lipinski definition) is 0. The Morgan fingerprint density at radius 1 is 1.09 bits per heavy atom. The van der Waals surface area contributed by atoms with Crippen LogP contribution in [0.15, 0.2) is 11.6 Å². The molecular formula is C30H55NO. The molecule has 3 rings (SSSR count). The van der Waals surface area contributed by atoms with Gasteiger partial charge in [0.2, 0.25) is 0 Å². The van der Waals surface area contributed by atoms with Crippen LogP contribution >= 0.6 is 0 Å². The molecule has 0 N–H and O–H groups in total. The van der Waals surface area contributed by atoms with Gasteiger partial charge in [0.1, 0.15) is 6.29 Å². The van der Waals surface area contributed by atoms with Crippen LogP contribution in [0.4, 0.5) is 0 Å². The van der Waals surface area contributed by atoms with Gasteiger partial charge in [-0.05, 0) is 81.4 Å². The summed E-state index contributed by atoms with van der Waals surface area (Å²) in [6.45, 7) is 22.2. The van der Waals surface area contributed by atoms with Crippen molar-refractivity contribution in [3.05, 3.63) is 11.6 Å². The molecule has 0 bridgehead atoms. The van der Waals surface area contributed by atoms with Crippen LogP contribution in [0.25, 0.3) is 0 Å². The first-order valence-electron chi connectivity index (χ1n) is 13.9. The molecule has 0 spiro atoms. The normalized spacial score (nSPS) is 29.7. The minimum Gasteiger partial charge on any atom is -0.303 e. The number of nitrogens with zero attached hydrogens (tertiary/aromatic N) is 1. The highest BCUT2D eigenvalue weighted by atomic mass is 16.1. The predicted molar refractivity (Wildman–Crippen MR) is 143 cm³/mol. The zero-order chi connectivity index (χ0) is 24.6. The summed E-state index contributed by atoms with van der Waals surface area (Å²) in [6, 6.07) is 0. The highest BCUT2D eigenvalue weighted by Crippen LogP contribution is 2.60. The van der Waals surface area contributed by atoms with Gasteiger partial charge in [0.15, 0.2) is 0 Å². The SMILES string of the molecule is CC.CC.CC.CCCC1(C)C2=CCCCC2(C#CCN2CCCC2)CCC1C(C)C=O. The molecule has 1 aliphatic heterocycles. The second-order valence-electron chi connectivity index (χ2n) is 9.19. The Morgan fingerprint density at radius 3 is 2.28 bits per heavy atom. The van der Waals surface area contributed by atoms with Gasteiger partial charge in [-0.3, -0.25) is 4.90 Å². The Balaban J connectivity index is 0.00000148. The van der Waals surface area contributed by atoms with Crippen LogP contribution in [-0.2, 0) is 4.79 Å². The van der Waals surface area contributed by atoms with E-state index in [1.165, 1.54) is 64.3 Å². The number of carbonyl (C=O) groups is 1. The van der Waals surface area contributed by atoms with Crippen molar-refractivity contribution < 1.29 is 4.79 Å². The first-order chi connectivity index (χ1) is 15.6. The van der Waals surface area contributed by atoms with Crippen LogP contribution in [0.1, 0.15) is 120 Å². The van der Waals surface area contributed by atoms with Gasteiger partial charge in [0, 0.05) is 5.92 Å². The van der Waals surface area contributed by atoms with Crippen LogP contribution < -0.4 is 0 Å². The molecule has 0 amide bonds. The van der Waals surface area contributed by atoms with E-state index in [9.17, 15) is 4.79 Å². The summed E-state index contributed by atoms with van der Waals surface area (Å²) in [5, 5.41) is 0. The standard InChI is InChI=1S/C24H37NO.3C2H6/c1-4-12-23(3)21(20(2)19-26)11-15-24(13-6-5-10-22(23)24)14-9-18-25-16-7-8-17-25;3*1-2/h10,19-21H,4-8,11-13,15-18H2,1-3H3;3*1-2H3. The third kappa shape index (κ3) is 7.48. The Hall–Kier alpha value is -1.07. The van der Waals surface area contributed by atoms with Crippen molar-refractivity contribution >= 4 is 6.29 Å². The van der Waals surface area contributed by atoms with Crippen molar-refractivity contribution in [3.63, 3.8) is 0 Å². The molecule has 3 aliphatic rings. The van der Waals surface area contributed by atoms with E-state index >= 15 is 0 Å². The maximum atomic E-state index is 11.6. The molecular weight excluding hydrogens is 390 g/mol. The van der Waals surface area contributed by atoms with E-state index in [-0.39, 0.29) is 16.7 Å². The summed E-state index contributed by atoms with van der Waals surface area (Å²) in [5.41, 5.74) is 1.81. The van der Waals surface area contributed by atoms with Crippen molar-refractivity contribution in [2.75, 3.05) is 19.6 Å². The Kier molecular flexibility index (Phi) is 16.0. The minimum atomic E-state index is 0.0843. The molecule has 186 valence electrons. The quantitative estimate of drug-likeness (QED) is 0.241. The second kappa shape index (κ2) is 16.5. The number of carbonyl (C=O) groups excluding carboxylic acids is 1. The van der Waals surface area contributed by atoms with E-state index < -0.39 is 0 Å². The van der Waals surface area contributed by atoms with Crippen LogP contribution in [-0.4, -0.2) is 30.8 Å². The maximum absolute atomic E-state index is 11.6. The van der Waals surface area contributed by atoms with Crippen LogP contribution in [0, 0.1) is 34.5 Å². The molecule has 2 heteroatoms. The lowest BCUT2D eigenvalue weighted by Crippen LogP contribution is -2.46. The fourth-order valence-electron chi connectivity index (χ4n) is 6.17. The Labute approximate surface area is 202 Å². The number of rotatable bonds is 5. The Bertz CT molecular complexity index is 592. The molecule has 1 heterocycles. The highest BCUT2D eigenvalue weighted by molar-refractivity contribution is 5.54. The summed E-state index contributed by atoms with van der Waals surface area (Å²) in [4.78, 5) is 14.1. The van der Waals surface area contributed by atoms with Gasteiger partial charge in [-0.15, -0.1) is 0 Å². The van der Waals surface area contributed by atoms with Crippen LogP contribution in [0.5, 0.6) is 0 Å². The molecule has 0 aromatic heterocycles. The largest absolute Gasteiger partial charge is 0.303 e. The van der Waals surface area contributed by atoms with Gasteiger partial charge in [-0.1, -0.05) is 86.7 Å². The van der Waals surface area contributed by atoms with Crippen LogP contribution in [0.2, 0.25) is 0 Å². The topological polar surface area (TPSA) is 20.3 Å². The van der Waals surface area contributed by atoms with Gasteiger partial charge < -0.3 is 4.79 Å². The van der Waals surface area contributed by atoms with E-state index in [2.05, 4.69) is 43.6 Å². The van der Waals surface area contributed by atoms with Gasteiger partial charge in [0.05, 0.1) is 12.0 Å². The molecule has 32 heavy (non-hydrogen) atoms. The van der Waals surface area contributed by atoms with Crippen molar-refractivity contribution in [2.24, 2.45) is 22.7 Å². The predicted octanol–water partition coefficient (Wildman–Crippen LogP) is 8.31. The fraction of sp³-hybridized carbons (Fsp3) is 0.833. The molecule has 4 unspecified atom stereocenters. The number of aldehydes is 1. The molecule has 2 nitrogen and oxygen atoms in total. The third-order valence-electron chi connectivity index (χ3n) is 7.44. The average molecular weight is 446 g/mol. The summed E-state index contributed by atoms with van der Waals surface area (Å²) in [7, 11) is 0. The van der Waals surface area contributed by atoms with Gasteiger partial charge in [-0.2, -0.15) is 0 Å². The van der Waals surface area contributed by atoms with Gasteiger partial charge >= 0.3 is 0 Å². The highest BCUT2D eigenvalue weighted by Gasteiger charge is 2.52. The molecule has 0 radical (unpaired) electrons. The molecule has 2 aliphatic carbocycles. The number of likely N-dealkylation sites (tertiary alicyclic amines) is 1. The summed E-state index contributed by atoms with van der Waals surface area (Å²) in [6.07, 6.45) is 14.7. The van der Waals surface area contributed by atoms with Crippen molar-refractivity contribution in [3.8, 4) is 11.8 Å². The van der Waals surface area contributed by atoms with Crippen LogP contribution in [0.3, 0.4) is 0 Å². The molecule has 1 saturated carbocycles. The zero-order valence-corrected chi connectivity index (χ0v) is 23.2. The van der Waals surface area contributed by atoms with Crippen molar-refractivity contribution in [1.82, 2.24) is 4.90 Å². The first kappa shape index (κ1) is 30.9. The van der Waals surface area contributed by atoms with Gasteiger partial charge in [-0.25, -0.2) is 0 Å². The zero-order valence-electron chi connectivity index (χ0n) is 23.2. The van der Waals surface area contributed by atoms with E-state index in [0.29, 0.717) is 5.92 Å². The molecule has 0 aromatic carbocycles. The molecule has 4 atom stereocenters. The van der Waals surface area contributed by atoms with Crippen molar-refractivity contribution in [1.29, 1.82) is 0 Å². The summed E-state index contributed by atoms with van der Waals surface area (Å²) in [5.74, 6) is 8.01. The lowest BCUT2D eigenvalue weighted by molar-refractivity contribution is -0.114. The first-order valence-corrected chi connectivity index (χ1v) is 13.9. The fourth-order valence-corrected chi connectivity index (χ4v) is 6.17. The van der Waals surface area contributed by atoms with E-state index in [4.69, 9.17) is 0 Å². The number of fused-ring (bicyclic) bond motifs is 1. The lowest BCUT2D eigenvalue weighted by atomic mass is 9.49. The number of hydrogen-bond acceptors (Lipinski definition) is 2. The average Bonchev–Trinajstić information content (AvgIpc) is 3.36.